The van der Waals surface area contributed by atoms with Crippen LogP contribution in [0.5, 0.6) is 0 Å². The van der Waals surface area contributed by atoms with E-state index in [0.29, 0.717) is 25.1 Å². The SMILES string of the molecule is CC(C)(C)[C@H](C(=O)Nc1ccccc1)N1CC[C@@](CCCc2ccccc2)(CC(=O)NO)C1=O. The molecule has 0 saturated carbocycles. The number of aryl methyl sites for hydroxylation is 1. The Kier molecular flexibility index (Phi) is 8.10. The third kappa shape index (κ3) is 6.03. The van der Waals surface area contributed by atoms with Gasteiger partial charge in [-0.3, -0.25) is 19.6 Å². The normalized spacial score (nSPS) is 19.1. The number of para-hydroxylation sites is 1. The highest BCUT2D eigenvalue weighted by Gasteiger charge is 2.52. The van der Waals surface area contributed by atoms with Gasteiger partial charge in [0.1, 0.15) is 6.04 Å². The highest BCUT2D eigenvalue weighted by atomic mass is 16.5. The van der Waals surface area contributed by atoms with Crippen molar-refractivity contribution in [3.8, 4) is 0 Å². The molecule has 0 spiro atoms. The van der Waals surface area contributed by atoms with Crippen molar-refractivity contribution in [2.24, 2.45) is 10.8 Å². The van der Waals surface area contributed by atoms with Crippen molar-refractivity contribution < 1.29 is 19.6 Å². The minimum absolute atomic E-state index is 0.106. The Balaban J connectivity index is 1.81. The molecule has 1 saturated heterocycles. The van der Waals surface area contributed by atoms with E-state index < -0.39 is 22.8 Å². The van der Waals surface area contributed by atoms with Crippen LogP contribution in [0.2, 0.25) is 0 Å². The number of amides is 3. The fourth-order valence-electron chi connectivity index (χ4n) is 4.94. The number of rotatable bonds is 9. The molecule has 2 atom stereocenters. The Morgan fingerprint density at radius 3 is 2.26 bits per heavy atom. The van der Waals surface area contributed by atoms with Gasteiger partial charge < -0.3 is 10.2 Å². The largest absolute Gasteiger partial charge is 0.330 e. The molecule has 2 aromatic carbocycles. The molecule has 0 unspecified atom stereocenters. The number of likely N-dealkylation sites (tertiary alicyclic amines) is 1. The zero-order chi connectivity index (χ0) is 24.8. The molecule has 3 N–H and O–H groups in total. The Hall–Kier alpha value is -3.19. The number of carbonyl (C=O) groups excluding carboxylic acids is 3. The first kappa shape index (κ1) is 25.4. The fourth-order valence-corrected chi connectivity index (χ4v) is 4.94. The van der Waals surface area contributed by atoms with E-state index in [2.05, 4.69) is 5.32 Å². The molecule has 1 aliphatic heterocycles. The van der Waals surface area contributed by atoms with Crippen LogP contribution in [0.3, 0.4) is 0 Å². The van der Waals surface area contributed by atoms with Gasteiger partial charge in [-0.2, -0.15) is 0 Å². The summed E-state index contributed by atoms with van der Waals surface area (Å²) in [6, 6.07) is 18.5. The van der Waals surface area contributed by atoms with Gasteiger partial charge in [-0.15, -0.1) is 0 Å². The lowest BCUT2D eigenvalue weighted by atomic mass is 9.77. The quantitative estimate of drug-likeness (QED) is 0.382. The first-order valence-corrected chi connectivity index (χ1v) is 11.8. The minimum Gasteiger partial charge on any atom is -0.330 e. The van der Waals surface area contributed by atoms with E-state index in [1.54, 1.807) is 10.4 Å². The Morgan fingerprint density at radius 1 is 1.06 bits per heavy atom. The summed E-state index contributed by atoms with van der Waals surface area (Å²) in [5, 5.41) is 12.1. The highest BCUT2D eigenvalue weighted by molar-refractivity contribution is 5.99. The summed E-state index contributed by atoms with van der Waals surface area (Å²) < 4.78 is 0. The van der Waals surface area contributed by atoms with E-state index in [9.17, 15) is 14.4 Å². The van der Waals surface area contributed by atoms with Gasteiger partial charge in [0.05, 0.1) is 5.41 Å². The van der Waals surface area contributed by atoms with Crippen LogP contribution in [0.1, 0.15) is 52.0 Å². The molecular formula is C27H35N3O4. The van der Waals surface area contributed by atoms with Crippen LogP contribution in [0, 0.1) is 10.8 Å². The van der Waals surface area contributed by atoms with E-state index in [4.69, 9.17) is 5.21 Å². The molecule has 7 nitrogen and oxygen atoms in total. The maximum absolute atomic E-state index is 13.9. The number of anilines is 1. The molecular weight excluding hydrogens is 430 g/mol. The van der Waals surface area contributed by atoms with Crippen molar-refractivity contribution in [2.45, 2.75) is 58.9 Å². The Morgan fingerprint density at radius 2 is 1.68 bits per heavy atom. The molecule has 1 fully saturated rings. The Bertz CT molecular complexity index is 988. The molecule has 1 aliphatic rings. The van der Waals surface area contributed by atoms with E-state index in [1.807, 2.05) is 81.4 Å². The second kappa shape index (κ2) is 10.8. The first-order chi connectivity index (χ1) is 16.2. The summed E-state index contributed by atoms with van der Waals surface area (Å²) in [5.74, 6) is -1.04. The summed E-state index contributed by atoms with van der Waals surface area (Å²) >= 11 is 0. The highest BCUT2D eigenvalue weighted by Crippen LogP contribution is 2.43. The van der Waals surface area contributed by atoms with Crippen molar-refractivity contribution in [3.05, 3.63) is 66.2 Å². The molecule has 0 aromatic heterocycles. The van der Waals surface area contributed by atoms with Crippen molar-refractivity contribution in [3.63, 3.8) is 0 Å². The average Bonchev–Trinajstić information content (AvgIpc) is 3.10. The van der Waals surface area contributed by atoms with Gasteiger partial charge in [-0.1, -0.05) is 69.3 Å². The molecule has 0 radical (unpaired) electrons. The van der Waals surface area contributed by atoms with Crippen molar-refractivity contribution in [1.82, 2.24) is 10.4 Å². The number of benzene rings is 2. The predicted molar refractivity (Wildman–Crippen MR) is 131 cm³/mol. The van der Waals surface area contributed by atoms with Gasteiger partial charge in [0.15, 0.2) is 0 Å². The van der Waals surface area contributed by atoms with Crippen LogP contribution >= 0.6 is 0 Å². The van der Waals surface area contributed by atoms with E-state index >= 15 is 0 Å². The van der Waals surface area contributed by atoms with Gasteiger partial charge >= 0.3 is 0 Å². The second-order valence-electron chi connectivity index (χ2n) is 10.2. The van der Waals surface area contributed by atoms with E-state index in [1.165, 1.54) is 5.56 Å². The number of hydrogen-bond acceptors (Lipinski definition) is 4. The van der Waals surface area contributed by atoms with Crippen molar-refractivity contribution >= 4 is 23.4 Å². The average molecular weight is 466 g/mol. The molecule has 3 rings (SSSR count). The third-order valence-electron chi connectivity index (χ3n) is 6.55. The molecule has 3 amide bonds. The number of nitrogens with zero attached hydrogens (tertiary/aromatic N) is 1. The lowest BCUT2D eigenvalue weighted by Crippen LogP contribution is -2.54. The summed E-state index contributed by atoms with van der Waals surface area (Å²) in [6.07, 6.45) is 2.36. The zero-order valence-corrected chi connectivity index (χ0v) is 20.2. The van der Waals surface area contributed by atoms with Gasteiger partial charge in [0, 0.05) is 18.7 Å². The van der Waals surface area contributed by atoms with Crippen LogP contribution in [0.4, 0.5) is 5.69 Å². The topological polar surface area (TPSA) is 98.7 Å². The van der Waals surface area contributed by atoms with Gasteiger partial charge in [0.25, 0.3) is 0 Å². The van der Waals surface area contributed by atoms with E-state index in [-0.39, 0.29) is 18.2 Å². The van der Waals surface area contributed by atoms with Crippen LogP contribution in [0.15, 0.2) is 60.7 Å². The van der Waals surface area contributed by atoms with Crippen molar-refractivity contribution in [1.29, 1.82) is 0 Å². The van der Waals surface area contributed by atoms with Gasteiger partial charge in [-0.05, 0) is 48.8 Å². The standard InChI is InChI=1S/C27H35N3O4/c1-26(2,3)23(24(32)28-21-14-8-5-9-15-21)30-18-17-27(25(30)33,19-22(31)29-34)16-10-13-20-11-6-4-7-12-20/h4-9,11-12,14-15,23,34H,10,13,16-19H2,1-3H3,(H,28,32)(H,29,31)/t23-,27-/m0/s1. The van der Waals surface area contributed by atoms with Crippen LogP contribution in [-0.2, 0) is 20.8 Å². The first-order valence-electron chi connectivity index (χ1n) is 11.8. The summed E-state index contributed by atoms with van der Waals surface area (Å²) in [7, 11) is 0. The zero-order valence-electron chi connectivity index (χ0n) is 20.2. The number of hydroxylamine groups is 1. The third-order valence-corrected chi connectivity index (χ3v) is 6.55. The van der Waals surface area contributed by atoms with Gasteiger partial charge in [-0.25, -0.2) is 5.48 Å². The minimum atomic E-state index is -0.946. The number of carbonyl (C=O) groups is 3. The number of nitrogens with one attached hydrogen (secondary N) is 2. The molecule has 1 heterocycles. The molecule has 0 aliphatic carbocycles. The second-order valence-corrected chi connectivity index (χ2v) is 10.2. The smallest absolute Gasteiger partial charge is 0.247 e. The molecule has 2 aromatic rings. The van der Waals surface area contributed by atoms with Crippen LogP contribution in [-0.4, -0.2) is 40.4 Å². The number of hydrogen-bond donors (Lipinski definition) is 3. The van der Waals surface area contributed by atoms with Crippen LogP contribution < -0.4 is 10.8 Å². The fraction of sp³-hybridized carbons (Fsp3) is 0.444. The maximum atomic E-state index is 13.9. The molecule has 34 heavy (non-hydrogen) atoms. The summed E-state index contributed by atoms with van der Waals surface area (Å²) in [6.45, 7) is 6.19. The van der Waals surface area contributed by atoms with Gasteiger partial charge in [0.2, 0.25) is 17.7 Å². The summed E-state index contributed by atoms with van der Waals surface area (Å²) in [5.41, 5.74) is 2.06. The molecule has 182 valence electrons. The predicted octanol–water partition coefficient (Wildman–Crippen LogP) is 4.18. The lowest BCUT2D eigenvalue weighted by molar-refractivity contribution is -0.148. The molecule has 7 heteroatoms. The summed E-state index contributed by atoms with van der Waals surface area (Å²) in [4.78, 5) is 41.0. The molecule has 0 bridgehead atoms. The monoisotopic (exact) mass is 465 g/mol. The van der Waals surface area contributed by atoms with Crippen molar-refractivity contribution in [2.75, 3.05) is 11.9 Å². The maximum Gasteiger partial charge on any atom is 0.247 e. The Labute approximate surface area is 201 Å². The van der Waals surface area contributed by atoms with Crippen LogP contribution in [0.25, 0.3) is 0 Å². The van der Waals surface area contributed by atoms with E-state index in [0.717, 1.165) is 12.8 Å². The lowest BCUT2D eigenvalue weighted by Gasteiger charge is -2.38.